The third-order valence-electron chi connectivity index (χ3n) is 6.73. The second-order valence-electron chi connectivity index (χ2n) is 12.1. The van der Waals surface area contributed by atoms with Gasteiger partial charge in [0.15, 0.2) is 6.23 Å². The van der Waals surface area contributed by atoms with Gasteiger partial charge >= 0.3 is 17.9 Å². The van der Waals surface area contributed by atoms with E-state index in [4.69, 9.17) is 14.2 Å². The summed E-state index contributed by atoms with van der Waals surface area (Å²) in [6, 6.07) is 8.97. The van der Waals surface area contributed by atoms with E-state index in [2.05, 4.69) is 35.1 Å². The quantitative estimate of drug-likeness (QED) is 0.130. The smallest absolute Gasteiger partial charge is 0.407 e. The number of alkyl carbamates (subject to hydrolysis) is 2. The highest BCUT2D eigenvalue weighted by Crippen LogP contribution is 2.25. The largest absolute Gasteiger partial charge is 0.449 e. The predicted octanol–water partition coefficient (Wildman–Crippen LogP) is 1.07. The average Bonchev–Trinajstić information content (AvgIpc) is 3.06. The first-order valence-electron chi connectivity index (χ1n) is 16.3. The van der Waals surface area contributed by atoms with E-state index in [9.17, 15) is 39.0 Å². The van der Waals surface area contributed by atoms with Gasteiger partial charge in [-0.2, -0.15) is 0 Å². The van der Waals surface area contributed by atoms with Crippen LogP contribution < -0.4 is 32.5 Å². The molecule has 280 valence electrons. The first kappa shape index (κ1) is 43.3. The molecule has 0 saturated carbocycles. The lowest BCUT2D eigenvalue weighted by Gasteiger charge is -2.30. The van der Waals surface area contributed by atoms with Crippen molar-refractivity contribution in [1.82, 2.24) is 30.8 Å². The lowest BCUT2D eigenvalue weighted by molar-refractivity contribution is -0.130. The number of nitrogens with one attached hydrogen (secondary N) is 5. The van der Waals surface area contributed by atoms with Crippen LogP contribution in [0.15, 0.2) is 52.2 Å². The van der Waals surface area contributed by atoms with Crippen LogP contribution in [0.25, 0.3) is 0 Å². The first-order valence-corrected chi connectivity index (χ1v) is 16.3. The van der Waals surface area contributed by atoms with Crippen molar-refractivity contribution in [3.63, 3.8) is 0 Å². The molecular formula is C33H52N6O11. The summed E-state index contributed by atoms with van der Waals surface area (Å²) in [7, 11) is 1.21. The lowest BCUT2D eigenvalue weighted by atomic mass is 9.93. The van der Waals surface area contributed by atoms with Gasteiger partial charge in [-0.15, -0.1) is 0 Å². The molecule has 0 spiro atoms. The number of methoxy groups -OCH3 is 1. The Kier molecular flexibility index (Phi) is 19.1. The van der Waals surface area contributed by atoms with Crippen molar-refractivity contribution in [2.24, 2.45) is 5.41 Å². The van der Waals surface area contributed by atoms with E-state index in [0.717, 1.165) is 12.3 Å². The summed E-state index contributed by atoms with van der Waals surface area (Å²) in [5, 5.41) is 31.0. The topological polar surface area (TPSA) is 239 Å². The number of hydrogen-bond donors (Lipinski definition) is 7. The maximum absolute atomic E-state index is 12.9. The molecule has 0 aliphatic carbocycles. The second-order valence-corrected chi connectivity index (χ2v) is 12.1. The fraction of sp³-hybridized carbons (Fsp3) is 0.576. The van der Waals surface area contributed by atoms with Crippen molar-refractivity contribution in [2.75, 3.05) is 33.4 Å². The van der Waals surface area contributed by atoms with Gasteiger partial charge in [0.1, 0.15) is 18.3 Å². The van der Waals surface area contributed by atoms with E-state index in [1.165, 1.54) is 13.5 Å². The first-order chi connectivity index (χ1) is 23.6. The summed E-state index contributed by atoms with van der Waals surface area (Å²) < 4.78 is 16.7. The van der Waals surface area contributed by atoms with Gasteiger partial charge in [0.25, 0.3) is 5.56 Å². The fourth-order valence-corrected chi connectivity index (χ4v) is 4.11. The molecule has 0 saturated heterocycles. The third kappa shape index (κ3) is 15.2. The number of carbonyl (C=O) groups excluding carboxylic acids is 4. The summed E-state index contributed by atoms with van der Waals surface area (Å²) in [6.07, 6.45) is -4.94. The second kappa shape index (κ2) is 22.1. The maximum Gasteiger partial charge on any atom is 0.407 e. The van der Waals surface area contributed by atoms with Crippen LogP contribution in [-0.4, -0.2) is 95.4 Å². The number of ether oxygens (including phenoxy) is 3. The summed E-state index contributed by atoms with van der Waals surface area (Å²) in [5.74, 6) is -1.01. The van der Waals surface area contributed by atoms with Gasteiger partial charge in [-0.3, -0.25) is 23.9 Å². The zero-order valence-corrected chi connectivity index (χ0v) is 29.7. The summed E-state index contributed by atoms with van der Waals surface area (Å²) in [5.41, 5.74) is -1.81. The zero-order chi connectivity index (χ0) is 37.9. The number of aliphatic hydroxyl groups excluding tert-OH is 2. The Hall–Kier alpha value is -4.74. The van der Waals surface area contributed by atoms with Gasteiger partial charge < -0.3 is 45.7 Å². The molecule has 0 radical (unpaired) electrons. The van der Waals surface area contributed by atoms with Gasteiger partial charge in [-0.25, -0.2) is 14.4 Å². The maximum atomic E-state index is 12.9. The molecule has 1 heterocycles. The molecule has 0 aliphatic rings. The fourth-order valence-electron chi connectivity index (χ4n) is 4.11. The van der Waals surface area contributed by atoms with E-state index in [0.29, 0.717) is 16.7 Å². The monoisotopic (exact) mass is 708 g/mol. The van der Waals surface area contributed by atoms with Crippen LogP contribution in [0.5, 0.6) is 0 Å². The van der Waals surface area contributed by atoms with Crippen LogP contribution in [0.2, 0.25) is 0 Å². The van der Waals surface area contributed by atoms with E-state index in [1.807, 2.05) is 4.98 Å². The lowest BCUT2D eigenvalue weighted by Crippen LogP contribution is -2.48. The third-order valence-corrected chi connectivity index (χ3v) is 6.73. The molecule has 2 rings (SSSR count). The van der Waals surface area contributed by atoms with Crippen LogP contribution in [0.4, 0.5) is 9.59 Å². The standard InChI is InChI=1S/C30H44N6O11.C3H8/c1-6-31-29(44)47-24(18-10-8-7-9-11-18)19(34-26(41)30(2,3)4)13-15-46-28(43)33-17-22(38)32-16-20(45-5)23(39)25(40)36-14-12-21(37)35-27(36)42;1-3-2/h7-12,14,19-20,23-25,39-40H,6,13,15-17H2,1-5H3,(H,31,44)(H,32,38)(H,33,43)(H,34,41)(H,35,37,42);3H2,1-2H3. The van der Waals surface area contributed by atoms with Crippen molar-refractivity contribution >= 4 is 24.0 Å². The average molecular weight is 709 g/mol. The van der Waals surface area contributed by atoms with Gasteiger partial charge in [-0.1, -0.05) is 71.4 Å². The SMILES string of the molecule is CCC.CCNC(=O)OC(c1ccccc1)C(CCOC(=O)NCC(=O)NCC(OC)C(O)C(O)n1ccc(=O)[nH]c1=O)NC(=O)C(C)(C)C. The molecule has 0 aliphatic heterocycles. The van der Waals surface area contributed by atoms with E-state index in [1.54, 1.807) is 58.0 Å². The molecular weight excluding hydrogens is 656 g/mol. The van der Waals surface area contributed by atoms with E-state index in [-0.39, 0.29) is 25.5 Å². The number of nitrogens with zero attached hydrogens (tertiary/aromatic N) is 1. The molecule has 50 heavy (non-hydrogen) atoms. The Morgan fingerprint density at radius 1 is 0.940 bits per heavy atom. The number of aromatic nitrogens is 2. The number of aromatic amines is 1. The molecule has 0 bridgehead atoms. The number of H-pyrrole nitrogens is 1. The van der Waals surface area contributed by atoms with Crippen molar-refractivity contribution in [3.05, 3.63) is 69.0 Å². The van der Waals surface area contributed by atoms with Gasteiger partial charge in [0, 0.05) is 44.3 Å². The van der Waals surface area contributed by atoms with Crippen LogP contribution in [0, 0.1) is 5.41 Å². The normalized spacial score (nSPS) is 13.9. The predicted molar refractivity (Wildman–Crippen MR) is 183 cm³/mol. The molecule has 5 unspecified atom stereocenters. The van der Waals surface area contributed by atoms with Crippen molar-refractivity contribution in [2.45, 2.75) is 85.0 Å². The minimum absolute atomic E-state index is 0.0501. The van der Waals surface area contributed by atoms with Crippen molar-refractivity contribution in [1.29, 1.82) is 0 Å². The molecule has 4 amide bonds. The van der Waals surface area contributed by atoms with Crippen molar-refractivity contribution < 1.29 is 43.6 Å². The molecule has 17 nitrogen and oxygen atoms in total. The molecule has 2 aromatic rings. The Morgan fingerprint density at radius 2 is 1.58 bits per heavy atom. The van der Waals surface area contributed by atoms with E-state index < -0.39 is 71.9 Å². The minimum Gasteiger partial charge on any atom is -0.449 e. The Morgan fingerprint density at radius 3 is 2.14 bits per heavy atom. The number of amides is 4. The zero-order valence-electron chi connectivity index (χ0n) is 29.7. The number of benzene rings is 1. The summed E-state index contributed by atoms with van der Waals surface area (Å²) in [4.78, 5) is 75.1. The van der Waals surface area contributed by atoms with Crippen LogP contribution in [-0.2, 0) is 23.8 Å². The molecule has 17 heteroatoms. The number of hydrogen-bond acceptors (Lipinski definition) is 11. The van der Waals surface area contributed by atoms with Crippen LogP contribution in [0.1, 0.15) is 72.3 Å². The van der Waals surface area contributed by atoms with Gasteiger partial charge in [0.05, 0.1) is 19.2 Å². The highest BCUT2D eigenvalue weighted by molar-refractivity contribution is 5.82. The summed E-state index contributed by atoms with van der Waals surface area (Å²) in [6.45, 7) is 10.4. The Labute approximate surface area is 291 Å². The van der Waals surface area contributed by atoms with Crippen LogP contribution >= 0.6 is 0 Å². The van der Waals surface area contributed by atoms with Crippen molar-refractivity contribution in [3.8, 4) is 0 Å². The highest BCUT2D eigenvalue weighted by Gasteiger charge is 2.32. The molecule has 1 aromatic heterocycles. The van der Waals surface area contributed by atoms with Gasteiger partial charge in [-0.05, 0) is 12.5 Å². The van der Waals surface area contributed by atoms with Crippen LogP contribution in [0.3, 0.4) is 0 Å². The number of carbonyl (C=O) groups is 4. The minimum atomic E-state index is -1.81. The Balaban J connectivity index is 0.00000401. The van der Waals surface area contributed by atoms with E-state index >= 15 is 0 Å². The summed E-state index contributed by atoms with van der Waals surface area (Å²) >= 11 is 0. The number of aliphatic hydroxyl groups is 2. The molecule has 0 fully saturated rings. The van der Waals surface area contributed by atoms with Gasteiger partial charge in [0.2, 0.25) is 11.8 Å². The number of rotatable bonds is 16. The molecule has 7 N–H and O–H groups in total. The highest BCUT2D eigenvalue weighted by atomic mass is 16.6. The molecule has 1 aromatic carbocycles. The Bertz CT molecular complexity index is 1460. The molecule has 5 atom stereocenters.